The smallest absolute Gasteiger partial charge is 0.135 e. The van der Waals surface area contributed by atoms with Gasteiger partial charge in [0.2, 0.25) is 0 Å². The first-order valence-electron chi connectivity index (χ1n) is 5.79. The third-order valence-electron chi connectivity index (χ3n) is 3.43. The Kier molecular flexibility index (Phi) is 2.33. The monoisotopic (exact) mass is 216 g/mol. The van der Waals surface area contributed by atoms with Crippen molar-refractivity contribution in [2.45, 2.75) is 6.42 Å². The van der Waals surface area contributed by atoms with Gasteiger partial charge in [0.15, 0.2) is 0 Å². The fourth-order valence-corrected chi connectivity index (χ4v) is 2.50. The largest absolute Gasteiger partial charge is 0.464 e. The highest BCUT2D eigenvalue weighted by Gasteiger charge is 2.22. The second kappa shape index (κ2) is 3.83. The predicted octanol–water partition coefficient (Wildman–Crippen LogP) is 2.22. The van der Waals surface area contributed by atoms with E-state index in [1.165, 1.54) is 17.5 Å². The van der Waals surface area contributed by atoms with Gasteiger partial charge < -0.3 is 15.1 Å². The molecule has 2 aromatic rings. The Bertz CT molecular complexity index is 491. The molecule has 1 aliphatic rings. The van der Waals surface area contributed by atoms with Crippen LogP contribution in [0.3, 0.4) is 0 Å². The second-order valence-corrected chi connectivity index (χ2v) is 4.45. The molecule has 3 rings (SSSR count). The fourth-order valence-electron chi connectivity index (χ4n) is 2.50. The van der Waals surface area contributed by atoms with Crippen molar-refractivity contribution in [2.24, 2.45) is 11.7 Å². The highest BCUT2D eigenvalue weighted by Crippen LogP contribution is 2.31. The molecule has 1 aromatic carbocycles. The van der Waals surface area contributed by atoms with E-state index in [0.717, 1.165) is 25.2 Å². The maximum absolute atomic E-state index is 5.72. The Morgan fingerprint density at radius 2 is 2.31 bits per heavy atom. The normalized spacial score (nSPS) is 20.8. The number of rotatable bonds is 2. The van der Waals surface area contributed by atoms with Crippen molar-refractivity contribution in [1.82, 2.24) is 0 Å². The topological polar surface area (TPSA) is 42.4 Å². The highest BCUT2D eigenvalue weighted by atomic mass is 16.3. The molecule has 0 aliphatic carbocycles. The molecule has 84 valence electrons. The minimum Gasteiger partial charge on any atom is -0.464 e. The first kappa shape index (κ1) is 9.73. The number of benzene rings is 1. The van der Waals surface area contributed by atoms with Gasteiger partial charge in [0.25, 0.3) is 0 Å². The average molecular weight is 216 g/mol. The summed E-state index contributed by atoms with van der Waals surface area (Å²) >= 11 is 0. The Morgan fingerprint density at radius 3 is 3.12 bits per heavy atom. The van der Waals surface area contributed by atoms with E-state index in [-0.39, 0.29) is 0 Å². The van der Waals surface area contributed by atoms with Crippen LogP contribution in [0.5, 0.6) is 0 Å². The number of fused-ring (bicyclic) bond motifs is 1. The van der Waals surface area contributed by atoms with Crippen molar-refractivity contribution < 1.29 is 4.42 Å². The summed E-state index contributed by atoms with van der Waals surface area (Å²) in [5, 5.41) is 1.21. The molecule has 2 N–H and O–H groups in total. The molecular formula is C13H16N2O. The lowest BCUT2D eigenvalue weighted by Gasteiger charge is -2.19. The third-order valence-corrected chi connectivity index (χ3v) is 3.43. The van der Waals surface area contributed by atoms with Crippen molar-refractivity contribution in [3.8, 4) is 0 Å². The molecule has 0 amide bonds. The maximum atomic E-state index is 5.72. The van der Waals surface area contributed by atoms with Crippen molar-refractivity contribution in [2.75, 3.05) is 24.5 Å². The van der Waals surface area contributed by atoms with Crippen LogP contribution in [-0.4, -0.2) is 19.6 Å². The van der Waals surface area contributed by atoms with Gasteiger partial charge in [0.05, 0.1) is 6.26 Å². The predicted molar refractivity (Wildman–Crippen MR) is 65.6 cm³/mol. The van der Waals surface area contributed by atoms with Gasteiger partial charge in [-0.05, 0) is 37.1 Å². The molecule has 1 saturated heterocycles. The number of anilines is 1. The van der Waals surface area contributed by atoms with E-state index in [2.05, 4.69) is 17.0 Å². The highest BCUT2D eigenvalue weighted by molar-refractivity contribution is 5.91. The minimum atomic E-state index is 0.641. The number of nitrogens with two attached hydrogens (primary N) is 1. The van der Waals surface area contributed by atoms with Gasteiger partial charge in [0, 0.05) is 24.2 Å². The van der Waals surface area contributed by atoms with Crippen LogP contribution in [0.2, 0.25) is 0 Å². The van der Waals surface area contributed by atoms with Gasteiger partial charge in [-0.2, -0.15) is 0 Å². The lowest BCUT2D eigenvalue weighted by atomic mass is 10.1. The summed E-state index contributed by atoms with van der Waals surface area (Å²) in [4.78, 5) is 2.41. The minimum absolute atomic E-state index is 0.641. The summed E-state index contributed by atoms with van der Waals surface area (Å²) in [6.45, 7) is 2.96. The van der Waals surface area contributed by atoms with Crippen molar-refractivity contribution in [3.63, 3.8) is 0 Å². The van der Waals surface area contributed by atoms with E-state index in [1.807, 2.05) is 12.1 Å². The molecule has 0 saturated carbocycles. The summed E-state index contributed by atoms with van der Waals surface area (Å²) in [7, 11) is 0. The Morgan fingerprint density at radius 1 is 1.38 bits per heavy atom. The van der Waals surface area contributed by atoms with Crippen molar-refractivity contribution >= 4 is 16.7 Å². The van der Waals surface area contributed by atoms with Crippen LogP contribution in [0, 0.1) is 5.92 Å². The molecule has 0 radical (unpaired) electrons. The van der Waals surface area contributed by atoms with Gasteiger partial charge in [-0.3, -0.25) is 0 Å². The standard InChI is InChI=1S/C13H16N2O/c14-8-10-4-6-15(9-10)12-2-1-3-13-11(12)5-7-16-13/h1-3,5,7,10H,4,6,8-9,14H2. The molecule has 1 atom stereocenters. The summed E-state index contributed by atoms with van der Waals surface area (Å²) in [6, 6.07) is 8.27. The zero-order chi connectivity index (χ0) is 11.0. The van der Waals surface area contributed by atoms with Crippen LogP contribution in [0.25, 0.3) is 11.0 Å². The Hall–Kier alpha value is -1.48. The van der Waals surface area contributed by atoms with E-state index in [0.29, 0.717) is 5.92 Å². The third kappa shape index (κ3) is 1.48. The number of nitrogens with zero attached hydrogens (tertiary/aromatic N) is 1. The van der Waals surface area contributed by atoms with Gasteiger partial charge in [0.1, 0.15) is 5.58 Å². The molecule has 16 heavy (non-hydrogen) atoms. The molecular weight excluding hydrogens is 200 g/mol. The van der Waals surface area contributed by atoms with Crippen LogP contribution in [0.4, 0.5) is 5.69 Å². The molecule has 2 heterocycles. The zero-order valence-corrected chi connectivity index (χ0v) is 9.23. The maximum Gasteiger partial charge on any atom is 0.135 e. The van der Waals surface area contributed by atoms with Gasteiger partial charge in [-0.15, -0.1) is 0 Å². The molecule has 1 aromatic heterocycles. The van der Waals surface area contributed by atoms with Gasteiger partial charge >= 0.3 is 0 Å². The summed E-state index contributed by atoms with van der Waals surface area (Å²) in [6.07, 6.45) is 2.95. The summed E-state index contributed by atoms with van der Waals surface area (Å²) in [5.74, 6) is 0.641. The van der Waals surface area contributed by atoms with Gasteiger partial charge in [-0.25, -0.2) is 0 Å². The van der Waals surface area contributed by atoms with E-state index in [4.69, 9.17) is 10.2 Å². The zero-order valence-electron chi connectivity index (χ0n) is 9.23. The molecule has 1 fully saturated rings. The summed E-state index contributed by atoms with van der Waals surface area (Å²) < 4.78 is 5.42. The Labute approximate surface area is 94.8 Å². The molecule has 0 bridgehead atoms. The number of furan rings is 1. The lowest BCUT2D eigenvalue weighted by molar-refractivity contribution is 0.602. The van der Waals surface area contributed by atoms with E-state index < -0.39 is 0 Å². The van der Waals surface area contributed by atoms with Crippen LogP contribution in [-0.2, 0) is 0 Å². The van der Waals surface area contributed by atoms with E-state index >= 15 is 0 Å². The quantitative estimate of drug-likeness (QED) is 0.837. The van der Waals surface area contributed by atoms with Crippen LogP contribution in [0.1, 0.15) is 6.42 Å². The van der Waals surface area contributed by atoms with E-state index in [9.17, 15) is 0 Å². The van der Waals surface area contributed by atoms with Crippen LogP contribution < -0.4 is 10.6 Å². The fraction of sp³-hybridized carbons (Fsp3) is 0.385. The molecule has 1 aliphatic heterocycles. The SMILES string of the molecule is NCC1CCN(c2cccc3occc23)C1. The van der Waals surface area contributed by atoms with Crippen LogP contribution in [0.15, 0.2) is 34.9 Å². The second-order valence-electron chi connectivity index (χ2n) is 4.45. The van der Waals surface area contributed by atoms with Crippen molar-refractivity contribution in [1.29, 1.82) is 0 Å². The molecule has 0 spiro atoms. The van der Waals surface area contributed by atoms with Crippen LogP contribution >= 0.6 is 0 Å². The lowest BCUT2D eigenvalue weighted by Crippen LogP contribution is -2.22. The number of hydrogen-bond donors (Lipinski definition) is 1. The molecule has 3 heteroatoms. The summed E-state index contributed by atoms with van der Waals surface area (Å²) in [5.41, 5.74) is 7.97. The first-order valence-corrected chi connectivity index (χ1v) is 5.79. The molecule has 3 nitrogen and oxygen atoms in total. The van der Waals surface area contributed by atoms with E-state index in [1.54, 1.807) is 6.26 Å². The number of hydrogen-bond acceptors (Lipinski definition) is 3. The first-order chi connectivity index (χ1) is 7.88. The Balaban J connectivity index is 1.97. The van der Waals surface area contributed by atoms with Gasteiger partial charge in [-0.1, -0.05) is 6.07 Å². The van der Waals surface area contributed by atoms with Crippen molar-refractivity contribution in [3.05, 3.63) is 30.5 Å². The average Bonchev–Trinajstić information content (AvgIpc) is 2.97. The molecule has 1 unspecified atom stereocenters.